The highest BCUT2D eigenvalue weighted by Gasteiger charge is 2.20. The number of hydrogen-bond donors (Lipinski definition) is 0. The zero-order valence-electron chi connectivity index (χ0n) is 16.0. The molecule has 0 saturated carbocycles. The summed E-state index contributed by atoms with van der Waals surface area (Å²) >= 11 is 1.46. The van der Waals surface area contributed by atoms with E-state index in [4.69, 9.17) is 9.15 Å². The first-order valence-corrected chi connectivity index (χ1v) is 9.91. The number of aromatic nitrogens is 2. The molecule has 1 amide bonds. The number of rotatable bonds is 9. The Balaban J connectivity index is 1.58. The number of hydrogen-bond acceptors (Lipinski definition) is 9. The third kappa shape index (κ3) is 5.26. The summed E-state index contributed by atoms with van der Waals surface area (Å²) in [6, 6.07) is 8.67. The molecule has 0 fully saturated rings. The van der Waals surface area contributed by atoms with Gasteiger partial charge >= 0.3 is 5.97 Å². The molecule has 2 heterocycles. The van der Waals surface area contributed by atoms with Crippen molar-refractivity contribution in [3.05, 3.63) is 63.3 Å². The predicted octanol–water partition coefficient (Wildman–Crippen LogP) is 3.30. The van der Waals surface area contributed by atoms with E-state index in [-0.39, 0.29) is 23.7 Å². The summed E-state index contributed by atoms with van der Waals surface area (Å²) in [5.41, 5.74) is -0.0221. The van der Waals surface area contributed by atoms with Crippen molar-refractivity contribution < 1.29 is 23.7 Å². The lowest BCUT2D eigenvalue weighted by atomic mass is 10.2. The minimum Gasteiger partial charge on any atom is -0.452 e. The van der Waals surface area contributed by atoms with Gasteiger partial charge in [-0.25, -0.2) is 4.79 Å². The van der Waals surface area contributed by atoms with Crippen molar-refractivity contribution in [2.24, 2.45) is 0 Å². The Labute approximate surface area is 175 Å². The van der Waals surface area contributed by atoms with Crippen molar-refractivity contribution in [3.63, 3.8) is 0 Å². The van der Waals surface area contributed by atoms with Gasteiger partial charge in [0.1, 0.15) is 0 Å². The van der Waals surface area contributed by atoms with Gasteiger partial charge in [0.2, 0.25) is 5.89 Å². The number of benzene rings is 1. The molecule has 1 aromatic carbocycles. The maximum Gasteiger partial charge on any atom is 0.338 e. The van der Waals surface area contributed by atoms with E-state index in [9.17, 15) is 19.7 Å². The minimum atomic E-state index is -0.743. The monoisotopic (exact) mass is 430 g/mol. The summed E-state index contributed by atoms with van der Waals surface area (Å²) < 4.78 is 10.7. The molecule has 10 nitrogen and oxygen atoms in total. The maximum atomic E-state index is 12.5. The number of carbonyl (C=O) groups is 2. The normalized spacial score (nSPS) is 10.6. The Morgan fingerprint density at radius 1 is 1.23 bits per heavy atom. The molecule has 0 saturated heterocycles. The summed E-state index contributed by atoms with van der Waals surface area (Å²) in [5.74, 6) is -0.495. The van der Waals surface area contributed by atoms with Crippen LogP contribution in [0.25, 0.3) is 10.8 Å². The van der Waals surface area contributed by atoms with Crippen LogP contribution in [0.5, 0.6) is 0 Å². The highest BCUT2D eigenvalue weighted by Crippen LogP contribution is 2.23. The van der Waals surface area contributed by atoms with Crippen LogP contribution in [0, 0.1) is 10.1 Å². The minimum absolute atomic E-state index is 0.0974. The Hall–Kier alpha value is -3.60. The number of nitrogens with zero attached hydrogens (tertiary/aromatic N) is 4. The molecule has 0 bridgehead atoms. The first-order valence-electron chi connectivity index (χ1n) is 9.03. The van der Waals surface area contributed by atoms with Gasteiger partial charge in [-0.15, -0.1) is 21.5 Å². The smallest absolute Gasteiger partial charge is 0.338 e. The van der Waals surface area contributed by atoms with Crippen molar-refractivity contribution in [2.45, 2.75) is 19.9 Å². The molecule has 11 heteroatoms. The average Bonchev–Trinajstić information content (AvgIpc) is 3.43. The van der Waals surface area contributed by atoms with Crippen LogP contribution in [0.3, 0.4) is 0 Å². The van der Waals surface area contributed by atoms with Gasteiger partial charge in [-0.05, 0) is 30.0 Å². The van der Waals surface area contributed by atoms with Crippen molar-refractivity contribution in [1.82, 2.24) is 15.1 Å². The van der Waals surface area contributed by atoms with Gasteiger partial charge in [0, 0.05) is 18.7 Å². The lowest BCUT2D eigenvalue weighted by molar-refractivity contribution is -0.384. The van der Waals surface area contributed by atoms with Gasteiger partial charge in [-0.3, -0.25) is 14.9 Å². The highest BCUT2D eigenvalue weighted by molar-refractivity contribution is 7.13. The van der Waals surface area contributed by atoms with Crippen LogP contribution in [0.4, 0.5) is 5.69 Å². The lowest BCUT2D eigenvalue weighted by Crippen LogP contribution is -2.35. The Morgan fingerprint density at radius 3 is 2.63 bits per heavy atom. The molecule has 0 aliphatic heterocycles. The number of nitro benzene ring substituents is 1. The number of amides is 1. The Kier molecular flexibility index (Phi) is 6.86. The Bertz CT molecular complexity index is 1020. The van der Waals surface area contributed by atoms with Crippen LogP contribution >= 0.6 is 11.3 Å². The number of esters is 1. The third-order valence-electron chi connectivity index (χ3n) is 4.01. The van der Waals surface area contributed by atoms with E-state index in [2.05, 4.69) is 10.2 Å². The summed E-state index contributed by atoms with van der Waals surface area (Å²) in [7, 11) is 0. The van der Waals surface area contributed by atoms with Gasteiger partial charge in [0.15, 0.2) is 6.61 Å². The summed E-state index contributed by atoms with van der Waals surface area (Å²) in [6.07, 6.45) is 0.688. The number of thiophene rings is 1. The summed E-state index contributed by atoms with van der Waals surface area (Å²) in [6.45, 7) is 1.96. The topological polar surface area (TPSA) is 129 Å². The van der Waals surface area contributed by atoms with Gasteiger partial charge in [0.05, 0.1) is 21.9 Å². The fourth-order valence-corrected chi connectivity index (χ4v) is 3.21. The number of non-ortho nitro benzene ring substituents is 1. The first-order chi connectivity index (χ1) is 14.5. The van der Waals surface area contributed by atoms with Crippen molar-refractivity contribution in [1.29, 1.82) is 0 Å². The molecule has 0 unspecified atom stereocenters. The molecule has 30 heavy (non-hydrogen) atoms. The quantitative estimate of drug-likeness (QED) is 0.287. The van der Waals surface area contributed by atoms with Crippen molar-refractivity contribution >= 4 is 28.9 Å². The maximum absolute atomic E-state index is 12.5. The number of carbonyl (C=O) groups excluding carboxylic acids is 2. The van der Waals surface area contributed by atoms with Crippen LogP contribution in [0.2, 0.25) is 0 Å². The molecule has 0 atom stereocenters. The molecule has 3 rings (SSSR count). The zero-order valence-corrected chi connectivity index (χ0v) is 16.8. The van der Waals surface area contributed by atoms with E-state index < -0.39 is 23.4 Å². The van der Waals surface area contributed by atoms with Gasteiger partial charge in [-0.2, -0.15) is 0 Å². The highest BCUT2D eigenvalue weighted by atomic mass is 32.1. The second-order valence-electron chi connectivity index (χ2n) is 6.17. The molecule has 0 aliphatic rings. The molecular weight excluding hydrogens is 412 g/mol. The zero-order chi connectivity index (χ0) is 21.5. The SMILES string of the molecule is CCCN(Cc1nnc(-c2cccs2)o1)C(=O)COC(=O)c1ccc([N+](=O)[O-])cc1. The van der Waals surface area contributed by atoms with Gasteiger partial charge in [-0.1, -0.05) is 13.0 Å². The van der Waals surface area contributed by atoms with E-state index >= 15 is 0 Å². The Morgan fingerprint density at radius 2 is 2.00 bits per heavy atom. The van der Waals surface area contributed by atoms with Crippen LogP contribution in [0.15, 0.2) is 46.2 Å². The molecule has 0 spiro atoms. The molecule has 0 radical (unpaired) electrons. The number of nitro groups is 1. The molecule has 0 aliphatic carbocycles. The summed E-state index contributed by atoms with van der Waals surface area (Å²) in [5, 5.41) is 20.5. The average molecular weight is 430 g/mol. The molecule has 3 aromatic rings. The fraction of sp³-hybridized carbons (Fsp3) is 0.263. The summed E-state index contributed by atoms with van der Waals surface area (Å²) in [4.78, 5) is 37.0. The second kappa shape index (κ2) is 9.74. The van der Waals surface area contributed by atoms with Crippen LogP contribution in [0.1, 0.15) is 29.6 Å². The number of ether oxygens (including phenoxy) is 1. The van der Waals surface area contributed by atoms with E-state index in [1.165, 1.54) is 40.5 Å². The second-order valence-corrected chi connectivity index (χ2v) is 7.12. The molecular formula is C19H18N4O6S. The van der Waals surface area contributed by atoms with Crippen LogP contribution in [-0.4, -0.2) is 45.0 Å². The lowest BCUT2D eigenvalue weighted by Gasteiger charge is -2.20. The molecule has 156 valence electrons. The van der Waals surface area contributed by atoms with E-state index in [0.29, 0.717) is 18.9 Å². The standard InChI is InChI=1S/C19H18N4O6S/c1-2-9-22(11-16-20-21-18(29-16)15-4-3-10-30-15)17(24)12-28-19(25)13-5-7-14(8-6-13)23(26)27/h3-8,10H,2,9,11-12H2,1H3. The predicted molar refractivity (Wildman–Crippen MR) is 107 cm³/mol. The molecule has 0 N–H and O–H groups in total. The van der Waals surface area contributed by atoms with E-state index in [1.807, 2.05) is 24.4 Å². The van der Waals surface area contributed by atoms with Gasteiger partial charge < -0.3 is 14.1 Å². The van der Waals surface area contributed by atoms with Crippen molar-refractivity contribution in [2.75, 3.05) is 13.2 Å². The van der Waals surface area contributed by atoms with Gasteiger partial charge in [0.25, 0.3) is 17.5 Å². The fourth-order valence-electron chi connectivity index (χ4n) is 2.56. The molecule has 2 aromatic heterocycles. The van der Waals surface area contributed by atoms with Crippen LogP contribution in [-0.2, 0) is 16.1 Å². The third-order valence-corrected chi connectivity index (χ3v) is 4.87. The van der Waals surface area contributed by atoms with E-state index in [1.54, 1.807) is 0 Å². The first kappa shape index (κ1) is 21.1. The van der Waals surface area contributed by atoms with Crippen LogP contribution < -0.4 is 0 Å². The largest absolute Gasteiger partial charge is 0.452 e. The van der Waals surface area contributed by atoms with E-state index in [0.717, 1.165) is 4.88 Å². The van der Waals surface area contributed by atoms with Crippen molar-refractivity contribution in [3.8, 4) is 10.8 Å².